The van der Waals surface area contributed by atoms with Crippen molar-refractivity contribution < 1.29 is 19.1 Å². The lowest BCUT2D eigenvalue weighted by atomic mass is 9.62. The van der Waals surface area contributed by atoms with Crippen LogP contribution in [0.4, 0.5) is 4.79 Å². The Balaban J connectivity index is 1.73. The Morgan fingerprint density at radius 2 is 1.66 bits per heavy atom. The average molecular weight is 431 g/mol. The number of hydrogen-bond donors (Lipinski definition) is 2. The van der Waals surface area contributed by atoms with Gasteiger partial charge in [0.25, 0.3) is 0 Å². The van der Waals surface area contributed by atoms with E-state index < -0.39 is 29.2 Å². The highest BCUT2D eigenvalue weighted by atomic mass is 16.5. The summed E-state index contributed by atoms with van der Waals surface area (Å²) in [6.07, 6.45) is 8.10. The van der Waals surface area contributed by atoms with Gasteiger partial charge in [0.2, 0.25) is 11.8 Å². The van der Waals surface area contributed by atoms with Crippen molar-refractivity contribution in [1.82, 2.24) is 10.6 Å². The van der Waals surface area contributed by atoms with Gasteiger partial charge in [0.05, 0.1) is 6.26 Å². The van der Waals surface area contributed by atoms with Crippen LogP contribution in [0.25, 0.3) is 5.57 Å². The molecule has 32 heavy (non-hydrogen) atoms. The first-order chi connectivity index (χ1) is 15.6. The van der Waals surface area contributed by atoms with Crippen LogP contribution in [0.3, 0.4) is 0 Å². The van der Waals surface area contributed by atoms with E-state index in [1.807, 2.05) is 54.6 Å². The summed E-state index contributed by atoms with van der Waals surface area (Å²) in [5, 5.41) is 4.60. The monoisotopic (exact) mass is 430 g/mol. The highest BCUT2D eigenvalue weighted by Crippen LogP contribution is 2.46. The molecule has 0 radical (unpaired) electrons. The number of hydrogen-bond acceptors (Lipinski definition) is 4. The quantitative estimate of drug-likeness (QED) is 0.509. The van der Waals surface area contributed by atoms with E-state index in [1.54, 1.807) is 12.1 Å². The van der Waals surface area contributed by atoms with E-state index in [1.165, 1.54) is 6.26 Å². The van der Waals surface area contributed by atoms with Crippen LogP contribution in [0.2, 0.25) is 0 Å². The largest absolute Gasteiger partial charge is 0.497 e. The summed E-state index contributed by atoms with van der Waals surface area (Å²) in [4.78, 5) is 38.3. The van der Waals surface area contributed by atoms with E-state index in [4.69, 9.17) is 4.74 Å². The number of barbiturate groups is 1. The molecule has 0 saturated carbocycles. The minimum atomic E-state index is -1.58. The third-order valence-corrected chi connectivity index (χ3v) is 6.02. The van der Waals surface area contributed by atoms with Crippen LogP contribution in [-0.4, -0.2) is 17.8 Å². The second-order valence-corrected chi connectivity index (χ2v) is 8.04. The van der Waals surface area contributed by atoms with Gasteiger partial charge < -0.3 is 4.74 Å². The molecule has 0 aromatic heterocycles. The molecule has 6 heteroatoms. The normalized spacial score (nSPS) is 19.3. The second kappa shape index (κ2) is 9.22. The number of carbonyl (C=O) groups excluding carboxylic acids is 3. The molecule has 1 heterocycles. The number of rotatable bonds is 7. The number of nitrogens with one attached hydrogen (secondary N) is 2. The molecule has 1 aliphatic heterocycles. The zero-order valence-corrected chi connectivity index (χ0v) is 18.0. The van der Waals surface area contributed by atoms with Crippen molar-refractivity contribution >= 4 is 23.4 Å². The summed E-state index contributed by atoms with van der Waals surface area (Å²) in [6, 6.07) is 16.4. The van der Waals surface area contributed by atoms with Gasteiger partial charge in [0, 0.05) is 5.92 Å². The molecular weight excluding hydrogens is 404 g/mol. The minimum Gasteiger partial charge on any atom is -0.497 e. The van der Waals surface area contributed by atoms with Gasteiger partial charge in [0.15, 0.2) is 5.41 Å². The van der Waals surface area contributed by atoms with Crippen LogP contribution in [0.15, 0.2) is 73.0 Å². The Labute approximate surface area is 187 Å². The predicted octanol–water partition coefficient (Wildman–Crippen LogP) is 4.22. The first kappa shape index (κ1) is 21.6. The van der Waals surface area contributed by atoms with Gasteiger partial charge >= 0.3 is 6.03 Å². The van der Waals surface area contributed by atoms with Crippen LogP contribution < -0.4 is 10.6 Å². The number of carbonyl (C=O) groups is 3. The highest BCUT2D eigenvalue weighted by Gasteiger charge is 2.58. The second-order valence-electron chi connectivity index (χ2n) is 8.04. The molecule has 4 rings (SSSR count). The lowest BCUT2D eigenvalue weighted by molar-refractivity contribution is -0.139. The van der Waals surface area contributed by atoms with Crippen molar-refractivity contribution in [2.45, 2.75) is 38.2 Å². The molecule has 1 unspecified atom stereocenters. The van der Waals surface area contributed by atoms with E-state index >= 15 is 0 Å². The van der Waals surface area contributed by atoms with Crippen LogP contribution in [0, 0.1) is 5.92 Å². The van der Waals surface area contributed by atoms with Gasteiger partial charge in [0.1, 0.15) is 6.61 Å². The maximum atomic E-state index is 13.2. The fourth-order valence-corrected chi connectivity index (χ4v) is 4.45. The van der Waals surface area contributed by atoms with E-state index in [2.05, 4.69) is 17.6 Å². The van der Waals surface area contributed by atoms with Crippen LogP contribution >= 0.6 is 0 Å². The van der Waals surface area contributed by atoms with E-state index in [9.17, 15) is 14.4 Å². The third-order valence-electron chi connectivity index (χ3n) is 6.02. The summed E-state index contributed by atoms with van der Waals surface area (Å²) in [5.41, 5.74) is 2.00. The molecule has 2 N–H and O–H groups in total. The molecule has 2 aromatic carbocycles. The Morgan fingerprint density at radius 3 is 2.38 bits per heavy atom. The number of ether oxygens (including phenoxy) is 1. The van der Waals surface area contributed by atoms with Crippen LogP contribution in [0.5, 0.6) is 0 Å². The van der Waals surface area contributed by atoms with Crippen LogP contribution in [-0.2, 0) is 26.3 Å². The lowest BCUT2D eigenvalue weighted by Gasteiger charge is -2.42. The first-order valence-electron chi connectivity index (χ1n) is 10.9. The van der Waals surface area contributed by atoms with Crippen molar-refractivity contribution in [3.05, 3.63) is 89.7 Å². The SMILES string of the molecule is CCCCC1=CC(/C=C/OCc2ccccc2)C2(C(=O)NC(=O)NC2=O)c2ccccc21. The van der Waals surface area contributed by atoms with Crippen molar-refractivity contribution in [3.8, 4) is 0 Å². The summed E-state index contributed by atoms with van der Waals surface area (Å²) in [6.45, 7) is 2.50. The van der Waals surface area contributed by atoms with Gasteiger partial charge in [-0.15, -0.1) is 0 Å². The number of benzene rings is 2. The molecule has 6 nitrogen and oxygen atoms in total. The minimum absolute atomic E-state index is 0.372. The maximum absolute atomic E-state index is 13.2. The molecule has 1 saturated heterocycles. The van der Waals surface area contributed by atoms with E-state index in [0.29, 0.717) is 12.2 Å². The number of fused-ring (bicyclic) bond motifs is 2. The summed E-state index contributed by atoms with van der Waals surface area (Å²) in [7, 11) is 0. The molecule has 1 atom stereocenters. The highest BCUT2D eigenvalue weighted by molar-refractivity contribution is 6.24. The fraction of sp³-hybridized carbons (Fsp3) is 0.269. The summed E-state index contributed by atoms with van der Waals surface area (Å²) < 4.78 is 5.71. The Morgan fingerprint density at radius 1 is 0.969 bits per heavy atom. The van der Waals surface area contributed by atoms with E-state index in [0.717, 1.165) is 36.0 Å². The topological polar surface area (TPSA) is 84.5 Å². The van der Waals surface area contributed by atoms with Gasteiger partial charge in [-0.3, -0.25) is 20.2 Å². The molecular formula is C26H26N2O4. The van der Waals surface area contributed by atoms with E-state index in [-0.39, 0.29) is 0 Å². The molecule has 164 valence electrons. The fourth-order valence-electron chi connectivity index (χ4n) is 4.45. The Hall–Kier alpha value is -3.67. The standard InChI is InChI=1S/C26H26N2O4/c1-2-3-11-19-16-20(14-15-32-17-18-9-5-4-6-10-18)26(22-13-8-7-12-21(19)22)23(29)27-25(31)28-24(26)30/h4-10,12-16,20H,2-3,11,17H2,1H3,(H2,27,28,29,30,31)/b15-14+. The van der Waals surface area contributed by atoms with Crippen molar-refractivity contribution in [2.24, 2.45) is 5.92 Å². The maximum Gasteiger partial charge on any atom is 0.328 e. The molecule has 1 spiro atoms. The summed E-state index contributed by atoms with van der Waals surface area (Å²) >= 11 is 0. The molecule has 1 fully saturated rings. The molecule has 0 bridgehead atoms. The van der Waals surface area contributed by atoms with Crippen molar-refractivity contribution in [2.75, 3.05) is 0 Å². The first-order valence-corrected chi connectivity index (χ1v) is 10.9. The molecule has 2 aliphatic rings. The Kier molecular flexibility index (Phi) is 6.21. The number of unbranched alkanes of at least 4 members (excludes halogenated alkanes) is 1. The average Bonchev–Trinajstić information content (AvgIpc) is 2.80. The summed E-state index contributed by atoms with van der Waals surface area (Å²) in [5.74, 6) is -1.85. The van der Waals surface area contributed by atoms with Gasteiger partial charge in [-0.25, -0.2) is 4.79 Å². The number of urea groups is 1. The van der Waals surface area contributed by atoms with Crippen LogP contribution in [0.1, 0.15) is 42.9 Å². The van der Waals surface area contributed by atoms with Crippen molar-refractivity contribution in [3.63, 3.8) is 0 Å². The predicted molar refractivity (Wildman–Crippen MR) is 121 cm³/mol. The third kappa shape index (κ3) is 3.84. The lowest BCUT2D eigenvalue weighted by Crippen LogP contribution is -2.67. The zero-order valence-electron chi connectivity index (χ0n) is 18.0. The Bertz CT molecular complexity index is 1070. The number of allylic oxidation sites excluding steroid dienone is 3. The zero-order chi connectivity index (χ0) is 22.6. The number of amides is 4. The molecule has 1 aliphatic carbocycles. The molecule has 2 aromatic rings. The van der Waals surface area contributed by atoms with Crippen molar-refractivity contribution in [1.29, 1.82) is 0 Å². The van der Waals surface area contributed by atoms with Gasteiger partial charge in [-0.05, 0) is 41.2 Å². The number of imide groups is 2. The van der Waals surface area contributed by atoms with Gasteiger partial charge in [-0.1, -0.05) is 74.0 Å². The smallest absolute Gasteiger partial charge is 0.328 e. The molecule has 4 amide bonds. The van der Waals surface area contributed by atoms with Gasteiger partial charge in [-0.2, -0.15) is 0 Å².